The van der Waals surface area contributed by atoms with Gasteiger partial charge in [0.05, 0.1) is 28.2 Å². The van der Waals surface area contributed by atoms with E-state index in [0.717, 1.165) is 34.2 Å². The predicted octanol–water partition coefficient (Wildman–Crippen LogP) is 11.6. The molecule has 28 heteroatoms. The van der Waals surface area contributed by atoms with Crippen LogP contribution in [-0.4, -0.2) is 183 Å². The molecule has 0 bridgehead atoms. The van der Waals surface area contributed by atoms with Crippen molar-refractivity contribution in [3.8, 4) is 0 Å². The third kappa shape index (κ3) is 30.7. The van der Waals surface area contributed by atoms with Crippen molar-refractivity contribution in [2.75, 3.05) is 78.5 Å². The maximum atomic E-state index is 13.9. The summed E-state index contributed by atoms with van der Waals surface area (Å²) in [6.45, 7) is 5.78. The highest BCUT2D eigenvalue weighted by Crippen LogP contribution is 2.32. The third-order valence-electron chi connectivity index (χ3n) is 21.7. The highest BCUT2D eigenvalue weighted by molar-refractivity contribution is 6.42. The summed E-state index contributed by atoms with van der Waals surface area (Å²) in [4.78, 5) is 98.0. The molecule has 9 aromatic carbocycles. The summed E-state index contributed by atoms with van der Waals surface area (Å²) in [5, 5.41) is 21.0. The van der Waals surface area contributed by atoms with Gasteiger partial charge in [0.1, 0.15) is 0 Å². The van der Waals surface area contributed by atoms with Crippen LogP contribution in [0.1, 0.15) is 135 Å². The van der Waals surface area contributed by atoms with Crippen molar-refractivity contribution in [1.29, 1.82) is 0 Å². The molecule has 24 nitrogen and oxygen atoms in total. The van der Waals surface area contributed by atoms with Crippen molar-refractivity contribution in [3.63, 3.8) is 0 Å². The van der Waals surface area contributed by atoms with Crippen LogP contribution >= 0.6 is 46.4 Å². The van der Waals surface area contributed by atoms with E-state index >= 15 is 0 Å². The molecule has 3 fully saturated rings. The van der Waals surface area contributed by atoms with Gasteiger partial charge in [-0.05, 0) is 139 Å². The van der Waals surface area contributed by atoms with Crippen LogP contribution < -0.4 is 66.3 Å². The topological polar surface area (TPSA) is 378 Å². The molecule has 0 aromatic heterocycles. The number of halogens is 4. The fourth-order valence-electron chi connectivity index (χ4n) is 15.4. The number of nitrogens with two attached hydrogens (primary N) is 6. The molecule has 9 aromatic rings. The summed E-state index contributed by atoms with van der Waals surface area (Å²) < 4.78 is 0. The predicted molar refractivity (Wildman–Crippen MR) is 496 cm³/mol. The van der Waals surface area contributed by atoms with Gasteiger partial charge in [0.25, 0.3) is 11.8 Å². The standard InChI is InChI=1S/C33H40N6O2.2C31H36Cl2N6O2/c34-33(35)36-21-10-17-30-32(41)39(24-29(26-13-6-2-7-14-26)27-15-8-3-9-16-27)22-20-28(38-30)23-37-31(40)19-18-25-11-4-1-5-12-25;32-26-14-13-23(18-27(26)33)29(40)37-19-24-15-17-39(30(41)28(38-24)12-7-16-36-31(34)35)20-25(21-8-3-1-4-9-21)22-10-5-2-6-11-22;32-24-16-23(17-25(33)18-24)29(40)37-19-26-13-15-39(30(41)28(38-26)12-7-14-36-31(34)35)20-27(21-8-3-1-4-9-21)22-10-5-2-6-11-22/h1-9,11-16,18-19,28-30,38H,10,17,20-24H2,(H,37,40)(H4,34,35,36);1-6,8-11,13-14,18,24-25,28,38H,7,12,15-17,19-20H2,(H,37,40)(H4,34,35,36);1-6,8-11,16-18,26-28,38H,7,12-15,19-20H2,(H,37,40)(H4,34,35,36)/b19-18+;;/t28-,30-;24-,28-;26-,28-/m000/s1. The first-order valence-corrected chi connectivity index (χ1v) is 43.2. The number of amides is 6. The number of benzene rings is 9. The number of nitrogens with one attached hydrogen (secondary N) is 6. The average Bonchev–Trinajstić information content (AvgIpc) is 1.74. The van der Waals surface area contributed by atoms with Gasteiger partial charge in [-0.25, -0.2) is 0 Å². The van der Waals surface area contributed by atoms with Gasteiger partial charge in [0, 0.05) is 142 Å². The molecule has 18 N–H and O–H groups in total. The Labute approximate surface area is 741 Å². The van der Waals surface area contributed by atoms with Gasteiger partial charge < -0.3 is 81.0 Å². The van der Waals surface area contributed by atoms with Crippen molar-refractivity contribution < 1.29 is 28.8 Å². The van der Waals surface area contributed by atoms with Crippen molar-refractivity contribution in [1.82, 2.24) is 46.6 Å². The van der Waals surface area contributed by atoms with Crippen LogP contribution in [0.2, 0.25) is 20.1 Å². The number of guanidine groups is 3. The zero-order valence-electron chi connectivity index (χ0n) is 69.0. The summed E-state index contributed by atoms with van der Waals surface area (Å²) in [6.07, 6.45) is 9.04. The molecule has 3 aliphatic rings. The second-order valence-electron chi connectivity index (χ2n) is 30.6. The van der Waals surface area contributed by atoms with Crippen molar-refractivity contribution in [3.05, 3.63) is 325 Å². The van der Waals surface area contributed by atoms with E-state index in [1.165, 1.54) is 11.1 Å². The smallest absolute Gasteiger partial charge is 0.251 e. The van der Waals surface area contributed by atoms with E-state index in [9.17, 15) is 28.8 Å². The Bertz CT molecular complexity index is 4810. The fourth-order valence-corrected chi connectivity index (χ4v) is 16.2. The maximum absolute atomic E-state index is 13.9. The van der Waals surface area contributed by atoms with Gasteiger partial charge in [0.2, 0.25) is 23.6 Å². The van der Waals surface area contributed by atoms with Crippen molar-refractivity contribution in [2.24, 2.45) is 49.4 Å². The second kappa shape index (κ2) is 49.5. The monoisotopic (exact) mass is 1740 g/mol. The Morgan fingerprint density at radius 1 is 0.382 bits per heavy atom. The molecule has 3 heterocycles. The molecule has 6 amide bonds. The molecule has 3 saturated heterocycles. The van der Waals surface area contributed by atoms with Crippen LogP contribution in [0.15, 0.2) is 270 Å². The van der Waals surface area contributed by atoms with Gasteiger partial charge in [-0.3, -0.25) is 43.7 Å². The maximum Gasteiger partial charge on any atom is 0.251 e. The molecule has 646 valence electrons. The Morgan fingerprint density at radius 3 is 0.992 bits per heavy atom. The van der Waals surface area contributed by atoms with Gasteiger partial charge >= 0.3 is 0 Å². The Balaban J connectivity index is 0.000000193. The van der Waals surface area contributed by atoms with Crippen LogP contribution in [0.25, 0.3) is 6.08 Å². The van der Waals surface area contributed by atoms with Gasteiger partial charge in [-0.2, -0.15) is 0 Å². The van der Waals surface area contributed by atoms with E-state index in [1.807, 2.05) is 154 Å². The molecule has 12 rings (SSSR count). The summed E-state index contributed by atoms with van der Waals surface area (Å²) in [6, 6.07) is 79.3. The highest BCUT2D eigenvalue weighted by atomic mass is 35.5. The SMILES string of the molecule is NC(N)=NCCC[C@@H]1N[C@H](CNC(=O)/C=C/c2ccccc2)CCN(CC(c2ccccc2)c2ccccc2)C1=O.NC(N)=NCCC[C@@H]1N[C@H](CNC(=O)c2cc(Cl)cc(Cl)c2)CCN(CC(c2ccccc2)c2ccccc2)C1=O.NC(N)=NCCC[C@@H]1N[C@H](CNC(=O)c2ccc(Cl)c(Cl)c2)CCN(CC(c2ccccc2)c2ccccc2)C1=O. The van der Waals surface area contributed by atoms with Crippen molar-refractivity contribution >= 4 is 106 Å². The van der Waals surface area contributed by atoms with Crippen molar-refractivity contribution in [2.45, 2.75) is 112 Å². The lowest BCUT2D eigenvalue weighted by Crippen LogP contribution is -2.49. The number of hydrogen-bond acceptors (Lipinski definition) is 12. The van der Waals surface area contributed by atoms with Crippen LogP contribution in [0, 0.1) is 0 Å². The van der Waals surface area contributed by atoms with E-state index in [-0.39, 0.29) is 89.2 Å². The molecule has 0 spiro atoms. The number of rotatable bonds is 34. The first-order chi connectivity index (χ1) is 59.6. The largest absolute Gasteiger partial charge is 0.370 e. The number of hydrogen-bond donors (Lipinski definition) is 12. The lowest BCUT2D eigenvalue weighted by Gasteiger charge is -2.29. The normalized spacial score (nSPS) is 17.3. The van der Waals surface area contributed by atoms with E-state index < -0.39 is 18.1 Å². The number of nitrogens with zero attached hydrogens (tertiary/aromatic N) is 6. The van der Waals surface area contributed by atoms with Gasteiger partial charge in [-0.1, -0.05) is 259 Å². The van der Waals surface area contributed by atoms with Crippen LogP contribution in [0.5, 0.6) is 0 Å². The molecule has 0 radical (unpaired) electrons. The zero-order valence-corrected chi connectivity index (χ0v) is 72.0. The van der Waals surface area contributed by atoms with Crippen LogP contribution in [0.4, 0.5) is 0 Å². The molecule has 0 unspecified atom stereocenters. The summed E-state index contributed by atoms with van der Waals surface area (Å²) in [5.41, 5.74) is 41.7. The minimum absolute atomic E-state index is 0.0208. The molecule has 0 aliphatic carbocycles. The lowest BCUT2D eigenvalue weighted by atomic mass is 9.90. The first-order valence-electron chi connectivity index (χ1n) is 41.7. The first kappa shape index (κ1) is 93.7. The molecular weight excluding hydrogens is 1630 g/mol. The summed E-state index contributed by atoms with van der Waals surface area (Å²) >= 11 is 24.3. The summed E-state index contributed by atoms with van der Waals surface area (Å²) in [7, 11) is 0. The molecule has 123 heavy (non-hydrogen) atoms. The average molecular weight is 1740 g/mol. The van der Waals surface area contributed by atoms with E-state index in [2.05, 4.69) is 120 Å². The Morgan fingerprint density at radius 2 is 0.683 bits per heavy atom. The molecule has 6 atom stereocenters. The van der Waals surface area contributed by atoms with Gasteiger partial charge in [-0.15, -0.1) is 0 Å². The highest BCUT2D eigenvalue weighted by Gasteiger charge is 2.37. The second-order valence-corrected chi connectivity index (χ2v) is 32.3. The number of carbonyl (C=O) groups excluding carboxylic acids is 6. The number of aliphatic imine (C=N–C) groups is 3. The van der Waals surface area contributed by atoms with Crippen LogP contribution in [0.3, 0.4) is 0 Å². The lowest BCUT2D eigenvalue weighted by molar-refractivity contribution is -0.133. The minimum atomic E-state index is -0.443. The third-order valence-corrected chi connectivity index (χ3v) is 22.9. The fraction of sp³-hybridized carbons (Fsp3) is 0.316. The van der Waals surface area contributed by atoms with E-state index in [0.29, 0.717) is 161 Å². The van der Waals surface area contributed by atoms with Gasteiger partial charge in [0.15, 0.2) is 17.9 Å². The molecular formula is C95H112Cl4N18O6. The Hall–Kier alpha value is -11.6. The number of carbonyl (C=O) groups is 6. The quantitative estimate of drug-likeness (QED) is 0.00772. The zero-order chi connectivity index (χ0) is 87.2. The Kier molecular flexibility index (Phi) is 37.7. The summed E-state index contributed by atoms with van der Waals surface area (Å²) in [5.74, 6) is -0.381. The molecule has 0 saturated carbocycles. The van der Waals surface area contributed by atoms with Crippen LogP contribution in [-0.2, 0) is 19.2 Å². The minimum Gasteiger partial charge on any atom is -0.370 e. The van der Waals surface area contributed by atoms with E-state index in [4.69, 9.17) is 80.8 Å². The molecule has 3 aliphatic heterocycles. The van der Waals surface area contributed by atoms with E-state index in [1.54, 1.807) is 48.6 Å².